The van der Waals surface area contributed by atoms with Gasteiger partial charge in [-0.2, -0.15) is 4.72 Å². The lowest BCUT2D eigenvalue weighted by molar-refractivity contribution is -0.137. The van der Waals surface area contributed by atoms with Crippen molar-refractivity contribution in [1.29, 1.82) is 0 Å². The van der Waals surface area contributed by atoms with Crippen LogP contribution >= 0.6 is 0 Å². The molecule has 0 aliphatic heterocycles. The predicted molar refractivity (Wildman–Crippen MR) is 127 cm³/mol. The fourth-order valence-electron chi connectivity index (χ4n) is 3.51. The Balaban J connectivity index is 1.88. The van der Waals surface area contributed by atoms with Crippen molar-refractivity contribution >= 4 is 27.0 Å². The highest BCUT2D eigenvalue weighted by Gasteiger charge is 2.31. The molecule has 33 heavy (non-hydrogen) atoms. The van der Waals surface area contributed by atoms with Gasteiger partial charge >= 0.3 is 11.6 Å². The van der Waals surface area contributed by atoms with Crippen molar-refractivity contribution in [3.05, 3.63) is 70.1 Å². The second-order valence-electron chi connectivity index (χ2n) is 8.22. The molecular formula is C25H29NO6S. The van der Waals surface area contributed by atoms with E-state index in [9.17, 15) is 18.0 Å². The first-order valence-electron chi connectivity index (χ1n) is 11.0. The molecule has 0 amide bonds. The van der Waals surface area contributed by atoms with Crippen LogP contribution in [0, 0.1) is 12.8 Å². The van der Waals surface area contributed by atoms with E-state index >= 15 is 0 Å². The fraction of sp³-hybridized carbons (Fsp3) is 0.360. The van der Waals surface area contributed by atoms with E-state index in [1.165, 1.54) is 24.3 Å². The Morgan fingerprint density at radius 3 is 2.42 bits per heavy atom. The molecule has 0 saturated heterocycles. The van der Waals surface area contributed by atoms with Crippen LogP contribution < -0.4 is 15.1 Å². The molecule has 176 valence electrons. The SMILES string of the molecule is CCCc1cc(=O)oc2cc(OC(=O)C(NS(=O)(=O)c3ccc(C)cc3)C(C)CC)ccc12. The lowest BCUT2D eigenvalue weighted by Gasteiger charge is -2.22. The molecule has 2 unspecified atom stereocenters. The van der Waals surface area contributed by atoms with Crippen LogP contribution in [0.25, 0.3) is 11.0 Å². The monoisotopic (exact) mass is 471 g/mol. The molecular weight excluding hydrogens is 442 g/mol. The van der Waals surface area contributed by atoms with Crippen LogP contribution in [0.2, 0.25) is 0 Å². The number of hydrogen-bond acceptors (Lipinski definition) is 6. The van der Waals surface area contributed by atoms with Crippen molar-refractivity contribution in [1.82, 2.24) is 4.72 Å². The van der Waals surface area contributed by atoms with E-state index in [-0.39, 0.29) is 16.6 Å². The van der Waals surface area contributed by atoms with E-state index in [1.807, 2.05) is 20.8 Å². The summed E-state index contributed by atoms with van der Waals surface area (Å²) >= 11 is 0. The van der Waals surface area contributed by atoms with Gasteiger partial charge in [-0.1, -0.05) is 51.3 Å². The molecule has 1 heterocycles. The third-order valence-corrected chi connectivity index (χ3v) is 7.08. The Kier molecular flexibility index (Phi) is 7.71. The van der Waals surface area contributed by atoms with E-state index in [1.54, 1.807) is 31.2 Å². The molecule has 2 atom stereocenters. The molecule has 0 saturated carbocycles. The van der Waals surface area contributed by atoms with Crippen molar-refractivity contribution in [3.63, 3.8) is 0 Å². The molecule has 3 aromatic rings. The first-order chi connectivity index (χ1) is 15.6. The molecule has 0 spiro atoms. The molecule has 0 aliphatic rings. The molecule has 2 aromatic carbocycles. The molecule has 0 bridgehead atoms. The minimum Gasteiger partial charge on any atom is -0.425 e. The molecule has 0 aliphatic carbocycles. The smallest absolute Gasteiger partial charge is 0.336 e. The lowest BCUT2D eigenvalue weighted by atomic mass is 10.0. The van der Waals surface area contributed by atoms with E-state index in [0.717, 1.165) is 29.4 Å². The highest BCUT2D eigenvalue weighted by molar-refractivity contribution is 7.89. The Bertz CT molecular complexity index is 1290. The van der Waals surface area contributed by atoms with Gasteiger partial charge in [0.15, 0.2) is 0 Å². The van der Waals surface area contributed by atoms with Gasteiger partial charge in [-0.15, -0.1) is 0 Å². The van der Waals surface area contributed by atoms with Crippen LogP contribution in [-0.2, 0) is 21.2 Å². The van der Waals surface area contributed by atoms with Crippen molar-refractivity contribution in [2.75, 3.05) is 0 Å². The van der Waals surface area contributed by atoms with Gasteiger partial charge in [0.25, 0.3) is 0 Å². The number of ether oxygens (including phenoxy) is 1. The largest absolute Gasteiger partial charge is 0.425 e. The number of fused-ring (bicyclic) bond motifs is 1. The lowest BCUT2D eigenvalue weighted by Crippen LogP contribution is -2.46. The van der Waals surface area contributed by atoms with Crippen LogP contribution in [0.3, 0.4) is 0 Å². The highest BCUT2D eigenvalue weighted by Crippen LogP contribution is 2.25. The summed E-state index contributed by atoms with van der Waals surface area (Å²) in [5.41, 5.74) is 1.64. The maximum atomic E-state index is 13.0. The van der Waals surface area contributed by atoms with Gasteiger partial charge in [0.2, 0.25) is 10.0 Å². The Labute approximate surface area is 193 Å². The van der Waals surface area contributed by atoms with Crippen LogP contribution in [0.4, 0.5) is 0 Å². The zero-order valence-electron chi connectivity index (χ0n) is 19.3. The van der Waals surface area contributed by atoms with Gasteiger partial charge in [0.1, 0.15) is 17.4 Å². The van der Waals surface area contributed by atoms with E-state index < -0.39 is 27.7 Å². The minimum absolute atomic E-state index is 0.0742. The Hall–Kier alpha value is -2.97. The third kappa shape index (κ3) is 5.89. The molecule has 8 heteroatoms. The van der Waals surface area contributed by atoms with Crippen molar-refractivity contribution in [3.8, 4) is 5.75 Å². The summed E-state index contributed by atoms with van der Waals surface area (Å²) < 4.78 is 39.1. The van der Waals surface area contributed by atoms with Crippen molar-refractivity contribution in [2.45, 2.75) is 57.9 Å². The number of aryl methyl sites for hydroxylation is 2. The number of hydrogen-bond donors (Lipinski definition) is 1. The normalized spacial score (nSPS) is 13.6. The molecule has 7 nitrogen and oxygen atoms in total. The molecule has 0 fully saturated rings. The van der Waals surface area contributed by atoms with Gasteiger partial charge in [-0.25, -0.2) is 18.0 Å². The Morgan fingerprint density at radius 1 is 1.09 bits per heavy atom. The maximum Gasteiger partial charge on any atom is 0.336 e. The fourth-order valence-corrected chi connectivity index (χ4v) is 4.81. The summed E-state index contributed by atoms with van der Waals surface area (Å²) in [5, 5.41) is 0.773. The van der Waals surface area contributed by atoms with E-state index in [4.69, 9.17) is 9.15 Å². The summed E-state index contributed by atoms with van der Waals surface area (Å²) in [6, 6.07) is 11.6. The first-order valence-corrected chi connectivity index (χ1v) is 12.5. The second kappa shape index (κ2) is 10.3. The summed E-state index contributed by atoms with van der Waals surface area (Å²) in [4.78, 5) is 25.0. The number of esters is 1. The van der Waals surface area contributed by atoms with Gasteiger partial charge < -0.3 is 9.15 Å². The predicted octanol–water partition coefficient (Wildman–Crippen LogP) is 4.35. The van der Waals surface area contributed by atoms with Crippen molar-refractivity contribution < 1.29 is 22.4 Å². The quantitative estimate of drug-likeness (QED) is 0.283. The number of sulfonamides is 1. The minimum atomic E-state index is -3.93. The number of carbonyl (C=O) groups is 1. The van der Waals surface area contributed by atoms with Gasteiger partial charge in [-0.3, -0.25) is 0 Å². The van der Waals surface area contributed by atoms with E-state index in [2.05, 4.69) is 4.72 Å². The summed E-state index contributed by atoms with van der Waals surface area (Å²) in [5.74, 6) is -0.870. The average molecular weight is 472 g/mol. The Morgan fingerprint density at radius 2 is 1.79 bits per heavy atom. The van der Waals surface area contributed by atoms with Crippen LogP contribution in [0.15, 0.2) is 62.6 Å². The summed E-state index contributed by atoms with van der Waals surface area (Å²) in [6.07, 6.45) is 2.15. The summed E-state index contributed by atoms with van der Waals surface area (Å²) in [6.45, 7) is 7.52. The molecule has 1 N–H and O–H groups in total. The summed E-state index contributed by atoms with van der Waals surface area (Å²) in [7, 11) is -3.93. The number of carbonyl (C=O) groups excluding carboxylic acids is 1. The second-order valence-corrected chi connectivity index (χ2v) is 9.93. The zero-order chi connectivity index (χ0) is 24.2. The maximum absolute atomic E-state index is 13.0. The third-order valence-electron chi connectivity index (χ3n) is 5.62. The molecule has 1 aromatic heterocycles. The standard InChI is InChI=1S/C25H29NO6S/c1-5-7-18-14-23(27)32-22-15-19(10-13-21(18)22)31-25(28)24(17(4)6-2)26-33(29,30)20-11-8-16(3)9-12-20/h8-15,17,24,26H,5-7H2,1-4H3. The first kappa shape index (κ1) is 24.7. The van der Waals surface area contributed by atoms with Crippen LogP contribution in [0.5, 0.6) is 5.75 Å². The number of nitrogens with one attached hydrogen (secondary N) is 1. The van der Waals surface area contributed by atoms with Crippen LogP contribution in [-0.4, -0.2) is 20.4 Å². The van der Waals surface area contributed by atoms with E-state index in [0.29, 0.717) is 12.0 Å². The molecule has 0 radical (unpaired) electrons. The highest BCUT2D eigenvalue weighted by atomic mass is 32.2. The van der Waals surface area contributed by atoms with Gasteiger partial charge in [0, 0.05) is 17.5 Å². The van der Waals surface area contributed by atoms with Crippen LogP contribution in [0.1, 0.15) is 44.7 Å². The van der Waals surface area contributed by atoms with Crippen molar-refractivity contribution in [2.24, 2.45) is 5.92 Å². The number of benzene rings is 2. The molecule has 3 rings (SSSR count). The van der Waals surface area contributed by atoms with Gasteiger partial charge in [-0.05, 0) is 49.1 Å². The average Bonchev–Trinajstić information content (AvgIpc) is 2.77. The topological polar surface area (TPSA) is 103 Å². The zero-order valence-corrected chi connectivity index (χ0v) is 20.1. The number of rotatable bonds is 9. The van der Waals surface area contributed by atoms with Gasteiger partial charge in [0.05, 0.1) is 4.90 Å².